The Labute approximate surface area is 214 Å². The summed E-state index contributed by atoms with van der Waals surface area (Å²) in [5.74, 6) is -4.51. The lowest BCUT2D eigenvalue weighted by Gasteiger charge is -2.19. The first-order valence-electron chi connectivity index (χ1n) is 11.0. The Balaban J connectivity index is 1.42. The molecule has 11 nitrogen and oxygen atoms in total. The van der Waals surface area contributed by atoms with Gasteiger partial charge >= 0.3 is 17.9 Å². The Bertz CT molecular complexity index is 1490. The van der Waals surface area contributed by atoms with Gasteiger partial charge < -0.3 is 39.7 Å². The highest BCUT2D eigenvalue weighted by Crippen LogP contribution is 2.35. The first kappa shape index (κ1) is 25.6. The zero-order valence-electron chi connectivity index (χ0n) is 19.4. The summed E-state index contributed by atoms with van der Waals surface area (Å²) in [4.78, 5) is 36.1. The number of hydrogen-bond donors (Lipinski definition) is 5. The number of benzene rings is 3. The molecule has 5 N–H and O–H groups in total. The lowest BCUT2D eigenvalue weighted by Crippen LogP contribution is -2.28. The second-order valence-electron chi connectivity index (χ2n) is 8.08. The highest BCUT2D eigenvalue weighted by atomic mass is 16.6. The number of carbonyl (C=O) groups is 3. The van der Waals surface area contributed by atoms with Gasteiger partial charge in [0, 0.05) is 12.5 Å². The third-order valence-corrected chi connectivity index (χ3v) is 5.30. The van der Waals surface area contributed by atoms with Crippen LogP contribution in [-0.2, 0) is 25.5 Å². The Hall–Kier alpha value is -5.45. The summed E-state index contributed by atoms with van der Waals surface area (Å²) in [6.45, 7) is 0. The van der Waals surface area contributed by atoms with E-state index in [1.807, 2.05) is 0 Å². The normalized spacial score (nSPS) is 14.4. The molecule has 1 aliphatic rings. The summed E-state index contributed by atoms with van der Waals surface area (Å²) in [5.41, 5.74) is 1.13. The summed E-state index contributed by atoms with van der Waals surface area (Å²) < 4.78 is 15.9. The monoisotopic (exact) mass is 520 g/mol. The van der Waals surface area contributed by atoms with Crippen molar-refractivity contribution in [3.8, 4) is 34.5 Å². The van der Waals surface area contributed by atoms with Crippen molar-refractivity contribution in [3.63, 3.8) is 0 Å². The van der Waals surface area contributed by atoms with Crippen LogP contribution in [0.3, 0.4) is 0 Å². The van der Waals surface area contributed by atoms with Crippen LogP contribution in [0, 0.1) is 0 Å². The number of esters is 2. The van der Waals surface area contributed by atoms with Crippen molar-refractivity contribution in [1.29, 1.82) is 0 Å². The molecule has 0 fully saturated rings. The Morgan fingerprint density at radius 2 is 1.50 bits per heavy atom. The number of phenols is 4. The maximum Gasteiger partial charge on any atom is 0.379 e. The molecule has 3 aromatic rings. The van der Waals surface area contributed by atoms with E-state index >= 15 is 0 Å². The van der Waals surface area contributed by atoms with E-state index in [0.717, 1.165) is 6.08 Å². The van der Waals surface area contributed by atoms with Crippen molar-refractivity contribution in [1.82, 2.24) is 0 Å². The quantitative estimate of drug-likeness (QED) is 0.134. The van der Waals surface area contributed by atoms with Crippen molar-refractivity contribution < 1.29 is 54.1 Å². The summed E-state index contributed by atoms with van der Waals surface area (Å²) in [5, 5.41) is 47.4. The molecule has 1 atom stereocenters. The van der Waals surface area contributed by atoms with Gasteiger partial charge in [0.25, 0.3) is 0 Å². The van der Waals surface area contributed by atoms with E-state index in [9.17, 15) is 39.9 Å². The molecule has 194 valence electrons. The molecule has 4 rings (SSSR count). The van der Waals surface area contributed by atoms with E-state index in [-0.39, 0.29) is 40.9 Å². The number of carboxylic acids is 1. The van der Waals surface area contributed by atoms with Crippen LogP contribution in [0.4, 0.5) is 0 Å². The highest BCUT2D eigenvalue weighted by Gasteiger charge is 2.25. The summed E-state index contributed by atoms with van der Waals surface area (Å²) in [6, 6.07) is 12.2. The van der Waals surface area contributed by atoms with E-state index in [0.29, 0.717) is 16.7 Å². The van der Waals surface area contributed by atoms with Crippen LogP contribution in [0.25, 0.3) is 12.2 Å². The molecule has 11 heteroatoms. The van der Waals surface area contributed by atoms with Crippen LogP contribution in [0.1, 0.15) is 16.7 Å². The topological polar surface area (TPSA) is 180 Å². The molecule has 0 saturated carbocycles. The van der Waals surface area contributed by atoms with Crippen LogP contribution in [-0.4, -0.2) is 49.5 Å². The van der Waals surface area contributed by atoms with Crippen molar-refractivity contribution in [3.05, 3.63) is 83.1 Å². The maximum absolute atomic E-state index is 12.4. The molecule has 38 heavy (non-hydrogen) atoms. The van der Waals surface area contributed by atoms with Gasteiger partial charge in [0.05, 0.1) is 0 Å². The summed E-state index contributed by atoms with van der Waals surface area (Å²) >= 11 is 0. The average molecular weight is 520 g/mol. The molecular formula is C27H20O11. The number of carboxylic acid groups (broad SMARTS) is 1. The van der Waals surface area contributed by atoms with Gasteiger partial charge in [-0.05, 0) is 65.2 Å². The zero-order chi connectivity index (χ0) is 27.4. The first-order valence-corrected chi connectivity index (χ1v) is 11.0. The van der Waals surface area contributed by atoms with E-state index in [4.69, 9.17) is 14.2 Å². The van der Waals surface area contributed by atoms with Gasteiger partial charge in [0.2, 0.25) is 11.9 Å². The van der Waals surface area contributed by atoms with Crippen molar-refractivity contribution in [2.24, 2.45) is 0 Å². The van der Waals surface area contributed by atoms with Gasteiger partial charge in [0.1, 0.15) is 0 Å². The number of phenolic OH excluding ortho intramolecular Hbond substituents is 4. The molecule has 1 heterocycles. The number of ether oxygens (including phenoxy) is 3. The Morgan fingerprint density at radius 1 is 0.816 bits per heavy atom. The lowest BCUT2D eigenvalue weighted by molar-refractivity contribution is -0.160. The second kappa shape index (κ2) is 10.7. The molecule has 0 bridgehead atoms. The number of fused-ring (bicyclic) bond motifs is 1. The predicted octanol–water partition coefficient (Wildman–Crippen LogP) is 3.10. The minimum Gasteiger partial charge on any atom is -0.504 e. The van der Waals surface area contributed by atoms with Gasteiger partial charge in [-0.2, -0.15) is 0 Å². The fourth-order valence-corrected chi connectivity index (χ4v) is 3.41. The third kappa shape index (κ3) is 6.02. The number of rotatable bonds is 7. The minimum atomic E-state index is -1.55. The molecule has 0 aliphatic carbocycles. The number of hydrogen-bond acceptors (Lipinski definition) is 10. The van der Waals surface area contributed by atoms with Gasteiger partial charge in [-0.15, -0.1) is 0 Å². The maximum atomic E-state index is 12.4. The summed E-state index contributed by atoms with van der Waals surface area (Å²) in [7, 11) is 0. The third-order valence-electron chi connectivity index (χ3n) is 5.30. The second-order valence-corrected chi connectivity index (χ2v) is 8.08. The van der Waals surface area contributed by atoms with Gasteiger partial charge in [-0.3, -0.25) is 0 Å². The van der Waals surface area contributed by atoms with Gasteiger partial charge in [-0.1, -0.05) is 18.2 Å². The fraction of sp³-hybridized carbons (Fsp3) is 0.0741. The van der Waals surface area contributed by atoms with Gasteiger partial charge in [0.15, 0.2) is 34.5 Å². The largest absolute Gasteiger partial charge is 0.504 e. The van der Waals surface area contributed by atoms with E-state index in [1.165, 1.54) is 60.7 Å². The lowest BCUT2D eigenvalue weighted by atomic mass is 10.1. The molecule has 1 aliphatic heterocycles. The number of aromatic hydroxyl groups is 4. The SMILES string of the molecule is O=C(/C=C/c1ccc2c(c1)OC(=O)/C(=C/c1ccc(O)c(O)c1)O2)OC(Cc1ccc(O)c(O)c1)C(=O)O. The van der Waals surface area contributed by atoms with E-state index in [2.05, 4.69) is 0 Å². The van der Waals surface area contributed by atoms with Crippen molar-refractivity contribution in [2.45, 2.75) is 12.5 Å². The Kier molecular flexibility index (Phi) is 7.19. The van der Waals surface area contributed by atoms with Crippen LogP contribution in [0.15, 0.2) is 66.4 Å². The molecule has 0 radical (unpaired) electrons. The standard InChI is InChI=1S/C27H20O11/c28-17-5-1-15(9-19(17)30)12-23(26(33)34)37-25(32)8-4-14-3-7-21-22(11-14)38-27(35)24(36-21)13-16-2-6-18(29)20(31)10-16/h1-11,13,23,28-31H,12H2,(H,33,34)/b8-4+,24-13-. The molecule has 1 unspecified atom stereocenters. The number of aliphatic carboxylic acids is 1. The van der Waals surface area contributed by atoms with Gasteiger partial charge in [-0.25, -0.2) is 14.4 Å². The average Bonchev–Trinajstić information content (AvgIpc) is 2.87. The molecular weight excluding hydrogens is 500 g/mol. The van der Waals surface area contributed by atoms with E-state index < -0.39 is 29.8 Å². The van der Waals surface area contributed by atoms with Crippen LogP contribution >= 0.6 is 0 Å². The fourth-order valence-electron chi connectivity index (χ4n) is 3.41. The molecule has 0 amide bonds. The van der Waals surface area contributed by atoms with Crippen molar-refractivity contribution in [2.75, 3.05) is 0 Å². The highest BCUT2D eigenvalue weighted by molar-refractivity contribution is 5.95. The predicted molar refractivity (Wildman–Crippen MR) is 130 cm³/mol. The van der Waals surface area contributed by atoms with E-state index in [1.54, 1.807) is 6.07 Å². The number of carbonyl (C=O) groups excluding carboxylic acids is 2. The van der Waals surface area contributed by atoms with Crippen LogP contribution in [0.2, 0.25) is 0 Å². The van der Waals surface area contributed by atoms with Crippen molar-refractivity contribution >= 4 is 30.1 Å². The van der Waals surface area contributed by atoms with Crippen LogP contribution < -0.4 is 9.47 Å². The Morgan fingerprint density at radius 3 is 2.18 bits per heavy atom. The smallest absolute Gasteiger partial charge is 0.379 e. The van der Waals surface area contributed by atoms with Crippen LogP contribution in [0.5, 0.6) is 34.5 Å². The minimum absolute atomic E-state index is 0.0757. The summed E-state index contributed by atoms with van der Waals surface area (Å²) in [6.07, 6.45) is 1.86. The molecule has 0 saturated heterocycles. The zero-order valence-corrected chi connectivity index (χ0v) is 19.4. The first-order chi connectivity index (χ1) is 18.1. The molecule has 3 aromatic carbocycles. The molecule has 0 spiro atoms. The molecule has 0 aromatic heterocycles.